The Morgan fingerprint density at radius 3 is 2.50 bits per heavy atom. The molecule has 1 aliphatic rings. The zero-order valence-corrected chi connectivity index (χ0v) is 20.6. The van der Waals surface area contributed by atoms with Crippen molar-refractivity contribution in [3.63, 3.8) is 0 Å². The van der Waals surface area contributed by atoms with Crippen LogP contribution in [0.15, 0.2) is 52.4 Å². The number of piperazine rings is 1. The Bertz CT molecular complexity index is 1290. The van der Waals surface area contributed by atoms with Crippen LogP contribution < -0.4 is 5.56 Å². The molecule has 1 fully saturated rings. The molecule has 34 heavy (non-hydrogen) atoms. The zero-order valence-electron chi connectivity index (χ0n) is 19.0. The standard InChI is InChI=1S/C24H25ClN4O4S/c1-3-33-24(32)28-13-11-27(12-14-28)21(30)15-34-23-26-19-9-5-4-7-17(19)22(31)29(23)20-10-6-8-18(25)16(20)2/h4-10H,3,11-15H2,1-2H3. The van der Waals surface area contributed by atoms with Crippen LogP contribution in [0.25, 0.3) is 16.6 Å². The number of hydrogen-bond donors (Lipinski definition) is 0. The van der Waals surface area contributed by atoms with Crippen LogP contribution in [-0.2, 0) is 9.53 Å². The van der Waals surface area contributed by atoms with Gasteiger partial charge in [0.1, 0.15) is 0 Å². The van der Waals surface area contributed by atoms with E-state index < -0.39 is 0 Å². The minimum absolute atomic E-state index is 0.0784. The quantitative estimate of drug-likeness (QED) is 0.392. The molecule has 10 heteroatoms. The summed E-state index contributed by atoms with van der Waals surface area (Å²) in [5.74, 6) is 0.0364. The molecule has 1 aliphatic heterocycles. The SMILES string of the molecule is CCOC(=O)N1CCN(C(=O)CSc2nc3ccccc3c(=O)n2-c2cccc(Cl)c2C)CC1. The lowest BCUT2D eigenvalue weighted by Gasteiger charge is -2.34. The molecule has 0 atom stereocenters. The highest BCUT2D eigenvalue weighted by atomic mass is 35.5. The fourth-order valence-electron chi connectivity index (χ4n) is 3.83. The van der Waals surface area contributed by atoms with E-state index in [9.17, 15) is 14.4 Å². The average molecular weight is 501 g/mol. The third-order valence-electron chi connectivity index (χ3n) is 5.71. The zero-order chi connectivity index (χ0) is 24.2. The number of amides is 2. The number of carbonyl (C=O) groups is 2. The third kappa shape index (κ3) is 4.90. The van der Waals surface area contributed by atoms with Gasteiger partial charge in [0, 0.05) is 31.2 Å². The number of rotatable bonds is 5. The average Bonchev–Trinajstić information content (AvgIpc) is 2.85. The summed E-state index contributed by atoms with van der Waals surface area (Å²) < 4.78 is 6.56. The smallest absolute Gasteiger partial charge is 0.409 e. The molecular formula is C24H25ClN4O4S. The molecule has 2 amide bonds. The number of hydrogen-bond acceptors (Lipinski definition) is 6. The number of aromatic nitrogens is 2. The first-order valence-electron chi connectivity index (χ1n) is 11.0. The highest BCUT2D eigenvalue weighted by Gasteiger charge is 2.25. The first-order valence-corrected chi connectivity index (χ1v) is 12.4. The largest absolute Gasteiger partial charge is 0.450 e. The Balaban J connectivity index is 1.57. The van der Waals surface area contributed by atoms with E-state index in [1.807, 2.05) is 19.1 Å². The van der Waals surface area contributed by atoms with E-state index >= 15 is 0 Å². The summed E-state index contributed by atoms with van der Waals surface area (Å²) in [5.41, 5.74) is 1.75. The Hall–Kier alpha value is -3.04. The number of para-hydroxylation sites is 1. The third-order valence-corrected chi connectivity index (χ3v) is 7.04. The molecule has 2 heterocycles. The topological polar surface area (TPSA) is 84.7 Å². The second-order valence-electron chi connectivity index (χ2n) is 7.79. The van der Waals surface area contributed by atoms with E-state index in [4.69, 9.17) is 21.3 Å². The first kappa shape index (κ1) is 24.1. The van der Waals surface area contributed by atoms with Crippen molar-refractivity contribution in [3.8, 4) is 5.69 Å². The summed E-state index contributed by atoms with van der Waals surface area (Å²) in [4.78, 5) is 46.3. The number of halogens is 1. The Labute approximate surface area is 206 Å². The maximum atomic E-state index is 13.4. The van der Waals surface area contributed by atoms with E-state index in [0.717, 1.165) is 5.56 Å². The molecule has 2 aromatic carbocycles. The van der Waals surface area contributed by atoms with Crippen molar-refractivity contribution < 1.29 is 14.3 Å². The van der Waals surface area contributed by atoms with Crippen LogP contribution in [0.1, 0.15) is 12.5 Å². The number of ether oxygens (including phenoxy) is 1. The van der Waals surface area contributed by atoms with Gasteiger partial charge in [0.25, 0.3) is 5.56 Å². The Kier molecular flexibility index (Phi) is 7.43. The Morgan fingerprint density at radius 1 is 1.06 bits per heavy atom. The highest BCUT2D eigenvalue weighted by molar-refractivity contribution is 7.99. The molecule has 1 aromatic heterocycles. The van der Waals surface area contributed by atoms with Crippen molar-refractivity contribution >= 4 is 46.3 Å². The van der Waals surface area contributed by atoms with Gasteiger partial charge in [-0.2, -0.15) is 0 Å². The second kappa shape index (κ2) is 10.5. The van der Waals surface area contributed by atoms with Crippen molar-refractivity contribution in [1.29, 1.82) is 0 Å². The summed E-state index contributed by atoms with van der Waals surface area (Å²) in [6.07, 6.45) is -0.356. The predicted molar refractivity (Wildman–Crippen MR) is 133 cm³/mol. The van der Waals surface area contributed by atoms with Crippen molar-refractivity contribution in [2.24, 2.45) is 0 Å². The van der Waals surface area contributed by atoms with Crippen molar-refractivity contribution in [2.75, 3.05) is 38.5 Å². The molecule has 178 valence electrons. The van der Waals surface area contributed by atoms with Gasteiger partial charge >= 0.3 is 6.09 Å². The van der Waals surface area contributed by atoms with E-state index in [0.29, 0.717) is 59.6 Å². The number of thioether (sulfide) groups is 1. The van der Waals surface area contributed by atoms with Gasteiger partial charge in [0.2, 0.25) is 5.91 Å². The number of carbonyl (C=O) groups excluding carboxylic acids is 2. The van der Waals surface area contributed by atoms with Crippen LogP contribution in [0.5, 0.6) is 0 Å². The van der Waals surface area contributed by atoms with Gasteiger partial charge in [-0.05, 0) is 43.7 Å². The summed E-state index contributed by atoms with van der Waals surface area (Å²) in [7, 11) is 0. The van der Waals surface area contributed by atoms with Crippen LogP contribution in [-0.4, -0.2) is 69.9 Å². The molecule has 1 saturated heterocycles. The van der Waals surface area contributed by atoms with Gasteiger partial charge in [0.15, 0.2) is 5.16 Å². The van der Waals surface area contributed by atoms with Gasteiger partial charge in [-0.25, -0.2) is 9.78 Å². The Morgan fingerprint density at radius 2 is 1.76 bits per heavy atom. The number of fused-ring (bicyclic) bond motifs is 1. The van der Waals surface area contributed by atoms with Crippen LogP contribution >= 0.6 is 23.4 Å². The van der Waals surface area contributed by atoms with Crippen molar-refractivity contribution in [2.45, 2.75) is 19.0 Å². The highest BCUT2D eigenvalue weighted by Crippen LogP contribution is 2.26. The maximum absolute atomic E-state index is 13.4. The molecule has 0 bridgehead atoms. The van der Waals surface area contributed by atoms with Crippen LogP contribution in [0, 0.1) is 6.92 Å². The molecule has 0 N–H and O–H groups in total. The van der Waals surface area contributed by atoms with E-state index in [1.165, 1.54) is 16.3 Å². The molecule has 8 nitrogen and oxygen atoms in total. The predicted octanol–water partition coefficient (Wildman–Crippen LogP) is 3.74. The minimum Gasteiger partial charge on any atom is -0.450 e. The van der Waals surface area contributed by atoms with Gasteiger partial charge in [0.05, 0.1) is 29.0 Å². The van der Waals surface area contributed by atoms with Crippen molar-refractivity contribution in [1.82, 2.24) is 19.4 Å². The molecule has 4 rings (SSSR count). The number of benzene rings is 2. The summed E-state index contributed by atoms with van der Waals surface area (Å²) in [6.45, 7) is 5.65. The maximum Gasteiger partial charge on any atom is 0.409 e. The fourth-order valence-corrected chi connectivity index (χ4v) is 4.91. The summed E-state index contributed by atoms with van der Waals surface area (Å²) >= 11 is 7.54. The van der Waals surface area contributed by atoms with Gasteiger partial charge < -0.3 is 14.5 Å². The molecule has 0 saturated carbocycles. The fraction of sp³-hybridized carbons (Fsp3) is 0.333. The van der Waals surface area contributed by atoms with Gasteiger partial charge in [-0.1, -0.05) is 41.6 Å². The van der Waals surface area contributed by atoms with Crippen LogP contribution in [0.3, 0.4) is 0 Å². The molecule has 0 aliphatic carbocycles. The lowest BCUT2D eigenvalue weighted by molar-refractivity contribution is -0.129. The van der Waals surface area contributed by atoms with Crippen LogP contribution in [0.2, 0.25) is 5.02 Å². The lowest BCUT2D eigenvalue weighted by Crippen LogP contribution is -2.51. The number of nitrogens with zero attached hydrogens (tertiary/aromatic N) is 4. The second-order valence-corrected chi connectivity index (χ2v) is 9.14. The van der Waals surface area contributed by atoms with Crippen molar-refractivity contribution in [3.05, 3.63) is 63.4 Å². The minimum atomic E-state index is -0.356. The first-order chi connectivity index (χ1) is 16.4. The monoisotopic (exact) mass is 500 g/mol. The van der Waals surface area contributed by atoms with E-state index in [2.05, 4.69) is 0 Å². The van der Waals surface area contributed by atoms with E-state index in [1.54, 1.807) is 47.1 Å². The normalized spacial score (nSPS) is 13.9. The summed E-state index contributed by atoms with van der Waals surface area (Å²) in [6, 6.07) is 12.5. The summed E-state index contributed by atoms with van der Waals surface area (Å²) in [5, 5.41) is 1.46. The molecule has 0 radical (unpaired) electrons. The molecule has 3 aromatic rings. The molecular weight excluding hydrogens is 476 g/mol. The van der Waals surface area contributed by atoms with Gasteiger partial charge in [-0.3, -0.25) is 14.2 Å². The lowest BCUT2D eigenvalue weighted by atomic mass is 10.2. The van der Waals surface area contributed by atoms with E-state index in [-0.39, 0.29) is 23.3 Å². The van der Waals surface area contributed by atoms with Gasteiger partial charge in [-0.15, -0.1) is 0 Å². The molecule has 0 spiro atoms. The van der Waals surface area contributed by atoms with Crippen LogP contribution in [0.4, 0.5) is 4.79 Å². The molecule has 0 unspecified atom stereocenters.